The maximum absolute atomic E-state index is 12.7. The molecule has 1 aliphatic heterocycles. The van der Waals surface area contributed by atoms with E-state index in [1.54, 1.807) is 0 Å². The van der Waals surface area contributed by atoms with Crippen molar-refractivity contribution in [2.24, 2.45) is 0 Å². The summed E-state index contributed by atoms with van der Waals surface area (Å²) in [5.41, 5.74) is 4.98. The number of amides is 1. The van der Waals surface area contributed by atoms with Crippen LogP contribution in [0, 0.1) is 6.92 Å². The number of carbonyl (C=O) groups excluding carboxylic acids is 2. The van der Waals surface area contributed by atoms with Crippen LogP contribution in [-0.2, 0) is 24.2 Å². The number of aromatic nitrogens is 1. The number of nitrogens with zero attached hydrogens (tertiary/aromatic N) is 1. The molecule has 0 spiro atoms. The number of nitrogens with one attached hydrogen (secondary N) is 2. The first-order valence-corrected chi connectivity index (χ1v) is 10.7. The van der Waals surface area contributed by atoms with Gasteiger partial charge in [-0.25, -0.2) is 0 Å². The average molecular weight is 412 g/mol. The molecule has 0 unspecified atom stereocenters. The van der Waals surface area contributed by atoms with Gasteiger partial charge in [-0.05, 0) is 50.8 Å². The molecule has 1 aliphatic rings. The molecule has 1 saturated heterocycles. The molecule has 1 aromatic heterocycles. The second-order valence-electron chi connectivity index (χ2n) is 8.34. The van der Waals surface area contributed by atoms with Crippen LogP contribution in [-0.4, -0.2) is 46.9 Å². The fourth-order valence-corrected chi connectivity index (χ4v) is 4.41. The van der Waals surface area contributed by atoms with E-state index in [0.717, 1.165) is 36.5 Å². The molecule has 0 radical (unpaired) electrons. The summed E-state index contributed by atoms with van der Waals surface area (Å²) in [5.74, 6) is -0.192. The highest BCUT2D eigenvalue weighted by molar-refractivity contribution is 6.02. The molecule has 0 bridgehead atoms. The Morgan fingerprint density at radius 1 is 1.13 bits per heavy atom. The van der Waals surface area contributed by atoms with Gasteiger partial charge in [-0.3, -0.25) is 14.5 Å². The van der Waals surface area contributed by atoms with Crippen LogP contribution in [0.2, 0.25) is 0 Å². The molecule has 6 nitrogen and oxygen atoms in total. The summed E-state index contributed by atoms with van der Waals surface area (Å²) in [5, 5.41) is 2.97. The van der Waals surface area contributed by atoms with Crippen molar-refractivity contribution < 1.29 is 14.3 Å². The van der Waals surface area contributed by atoms with Gasteiger partial charge in [0.1, 0.15) is 5.69 Å². The number of H-pyrrole nitrogens is 1. The van der Waals surface area contributed by atoms with Crippen molar-refractivity contribution in [2.75, 3.05) is 13.1 Å². The summed E-state index contributed by atoms with van der Waals surface area (Å²) < 4.78 is 5.80. The minimum absolute atomic E-state index is 0.0145. The Balaban J connectivity index is 1.59. The third kappa shape index (κ3) is 5.18. The van der Waals surface area contributed by atoms with E-state index >= 15 is 0 Å². The maximum atomic E-state index is 12.7. The van der Waals surface area contributed by atoms with Gasteiger partial charge in [-0.15, -0.1) is 0 Å². The largest absolute Gasteiger partial charge is 0.373 e. The second-order valence-corrected chi connectivity index (χ2v) is 8.34. The molecule has 162 valence electrons. The van der Waals surface area contributed by atoms with Gasteiger partial charge in [-0.1, -0.05) is 31.2 Å². The molecule has 2 aromatic rings. The molecule has 30 heavy (non-hydrogen) atoms. The lowest BCUT2D eigenvalue weighted by Gasteiger charge is -2.35. The van der Waals surface area contributed by atoms with E-state index in [2.05, 4.69) is 53.3 Å². The van der Waals surface area contributed by atoms with E-state index in [1.165, 1.54) is 12.5 Å². The van der Waals surface area contributed by atoms with Gasteiger partial charge in [0.05, 0.1) is 12.2 Å². The van der Waals surface area contributed by atoms with Crippen molar-refractivity contribution in [1.29, 1.82) is 0 Å². The highest BCUT2D eigenvalue weighted by atomic mass is 16.5. The second kappa shape index (κ2) is 9.58. The molecule has 2 N–H and O–H groups in total. The van der Waals surface area contributed by atoms with Crippen LogP contribution in [0.15, 0.2) is 24.3 Å². The number of aromatic amines is 1. The van der Waals surface area contributed by atoms with Crippen LogP contribution in [0.5, 0.6) is 0 Å². The number of aryl methyl sites for hydroxylation is 1. The first-order valence-electron chi connectivity index (χ1n) is 10.7. The van der Waals surface area contributed by atoms with Gasteiger partial charge in [0.2, 0.25) is 0 Å². The Morgan fingerprint density at radius 2 is 1.73 bits per heavy atom. The Morgan fingerprint density at radius 3 is 2.30 bits per heavy atom. The van der Waals surface area contributed by atoms with E-state index in [9.17, 15) is 9.59 Å². The molecule has 1 aromatic carbocycles. The van der Waals surface area contributed by atoms with Gasteiger partial charge in [0, 0.05) is 37.4 Å². The molecular formula is C24H33N3O3. The Labute approximate surface area is 179 Å². The number of rotatable bonds is 7. The SMILES string of the molecule is CCc1c(C(=O)NCc2ccc(CN3C[C@H](C)O[C@@H](C)C3)cc2)[nH]c(C)c1C(C)=O. The summed E-state index contributed by atoms with van der Waals surface area (Å²) in [6.45, 7) is 12.8. The van der Waals surface area contributed by atoms with E-state index < -0.39 is 0 Å². The van der Waals surface area contributed by atoms with Crippen LogP contribution in [0.4, 0.5) is 0 Å². The summed E-state index contributed by atoms with van der Waals surface area (Å²) in [6, 6.07) is 8.36. The smallest absolute Gasteiger partial charge is 0.268 e. The van der Waals surface area contributed by atoms with Gasteiger partial charge in [0.15, 0.2) is 5.78 Å². The Bertz CT molecular complexity index is 891. The van der Waals surface area contributed by atoms with Crippen LogP contribution in [0.3, 0.4) is 0 Å². The van der Waals surface area contributed by atoms with Crippen molar-refractivity contribution in [3.63, 3.8) is 0 Å². The topological polar surface area (TPSA) is 74.4 Å². The van der Waals surface area contributed by atoms with Crippen LogP contribution in [0.1, 0.15) is 70.9 Å². The lowest BCUT2D eigenvalue weighted by Crippen LogP contribution is -2.44. The number of morpholine rings is 1. The number of Topliss-reactive ketones (excluding diaryl/α,β-unsaturated/α-hetero) is 1. The Kier molecular flexibility index (Phi) is 7.10. The fourth-order valence-electron chi connectivity index (χ4n) is 4.41. The van der Waals surface area contributed by atoms with Gasteiger partial charge in [0.25, 0.3) is 5.91 Å². The summed E-state index contributed by atoms with van der Waals surface area (Å²) >= 11 is 0. The first kappa shape index (κ1) is 22.2. The van der Waals surface area contributed by atoms with E-state index in [-0.39, 0.29) is 23.9 Å². The molecule has 1 amide bonds. The minimum atomic E-state index is -0.178. The summed E-state index contributed by atoms with van der Waals surface area (Å²) in [7, 11) is 0. The molecular weight excluding hydrogens is 378 g/mol. The third-order valence-electron chi connectivity index (χ3n) is 5.60. The van der Waals surface area contributed by atoms with Crippen molar-refractivity contribution in [2.45, 2.75) is 66.3 Å². The predicted octanol–water partition coefficient (Wildman–Crippen LogP) is 3.63. The van der Waals surface area contributed by atoms with Crippen LogP contribution < -0.4 is 5.32 Å². The quantitative estimate of drug-likeness (QED) is 0.683. The molecule has 1 fully saturated rings. The van der Waals surface area contributed by atoms with Crippen molar-refractivity contribution in [1.82, 2.24) is 15.2 Å². The molecule has 2 atom stereocenters. The molecule has 0 aliphatic carbocycles. The van der Waals surface area contributed by atoms with Crippen LogP contribution >= 0.6 is 0 Å². The average Bonchev–Trinajstić information content (AvgIpc) is 3.03. The summed E-state index contributed by atoms with van der Waals surface area (Å²) in [4.78, 5) is 30.1. The zero-order valence-electron chi connectivity index (χ0n) is 18.7. The van der Waals surface area contributed by atoms with Crippen molar-refractivity contribution in [3.8, 4) is 0 Å². The minimum Gasteiger partial charge on any atom is -0.373 e. The number of ether oxygens (including phenoxy) is 1. The highest BCUT2D eigenvalue weighted by Gasteiger charge is 2.23. The lowest BCUT2D eigenvalue weighted by molar-refractivity contribution is -0.0704. The molecule has 3 rings (SSSR count). The highest BCUT2D eigenvalue weighted by Crippen LogP contribution is 2.20. The molecule has 6 heteroatoms. The number of ketones is 1. The van der Waals surface area contributed by atoms with E-state index in [4.69, 9.17) is 4.74 Å². The van der Waals surface area contributed by atoms with Crippen molar-refractivity contribution >= 4 is 11.7 Å². The fraction of sp³-hybridized carbons (Fsp3) is 0.500. The van der Waals surface area contributed by atoms with E-state index in [0.29, 0.717) is 24.2 Å². The summed E-state index contributed by atoms with van der Waals surface area (Å²) in [6.07, 6.45) is 1.16. The standard InChI is InChI=1S/C24H33N3O3/c1-6-21-22(18(5)28)17(4)26-23(21)24(29)25-11-19-7-9-20(10-8-19)14-27-12-15(2)30-16(3)13-27/h7-10,15-16,26H,6,11-14H2,1-5H3,(H,25,29)/t15-,16-/m0/s1. The first-order chi connectivity index (χ1) is 14.3. The van der Waals surface area contributed by atoms with Crippen LogP contribution in [0.25, 0.3) is 0 Å². The number of hydrogen-bond acceptors (Lipinski definition) is 4. The molecule has 0 saturated carbocycles. The zero-order valence-corrected chi connectivity index (χ0v) is 18.7. The number of carbonyl (C=O) groups is 2. The Hall–Kier alpha value is -2.44. The number of benzene rings is 1. The molecule has 2 heterocycles. The maximum Gasteiger partial charge on any atom is 0.268 e. The normalized spacial score (nSPS) is 19.6. The zero-order chi connectivity index (χ0) is 21.8. The van der Waals surface area contributed by atoms with Gasteiger partial charge in [-0.2, -0.15) is 0 Å². The predicted molar refractivity (Wildman–Crippen MR) is 118 cm³/mol. The van der Waals surface area contributed by atoms with Gasteiger partial charge < -0.3 is 15.0 Å². The van der Waals surface area contributed by atoms with E-state index in [1.807, 2.05) is 13.8 Å². The monoisotopic (exact) mass is 411 g/mol. The lowest BCUT2D eigenvalue weighted by atomic mass is 10.0. The van der Waals surface area contributed by atoms with Gasteiger partial charge >= 0.3 is 0 Å². The third-order valence-corrected chi connectivity index (χ3v) is 5.60. The number of hydrogen-bond donors (Lipinski definition) is 2. The van der Waals surface area contributed by atoms with Crippen molar-refractivity contribution in [3.05, 3.63) is 57.9 Å².